The number of rotatable bonds is 9. The van der Waals surface area contributed by atoms with Crippen LogP contribution in [0.3, 0.4) is 0 Å². The third kappa shape index (κ3) is 4.88. The highest BCUT2D eigenvalue weighted by Gasteiger charge is 2.06. The number of nitrogens with zero attached hydrogens (tertiary/aromatic N) is 4. The van der Waals surface area contributed by atoms with Gasteiger partial charge in [-0.25, -0.2) is 4.98 Å². The lowest BCUT2D eigenvalue weighted by Gasteiger charge is -2.14. The number of fused-ring (bicyclic) bond motifs is 1. The second-order valence-electron chi connectivity index (χ2n) is 5.70. The van der Waals surface area contributed by atoms with Gasteiger partial charge in [0, 0.05) is 31.4 Å². The summed E-state index contributed by atoms with van der Waals surface area (Å²) in [6.45, 7) is 4.03. The van der Waals surface area contributed by atoms with Gasteiger partial charge in [0.15, 0.2) is 5.65 Å². The first-order valence-corrected chi connectivity index (χ1v) is 8.21. The van der Waals surface area contributed by atoms with Crippen molar-refractivity contribution in [3.8, 4) is 5.75 Å². The Kier molecular flexibility index (Phi) is 5.76. The van der Waals surface area contributed by atoms with E-state index >= 15 is 0 Å². The van der Waals surface area contributed by atoms with Gasteiger partial charge in [-0.15, -0.1) is 5.10 Å². The largest absolute Gasteiger partial charge is 0.491 e. The molecule has 0 bridgehead atoms. The molecule has 3 aromatic rings. The van der Waals surface area contributed by atoms with Crippen LogP contribution >= 0.6 is 0 Å². The normalized spacial score (nSPS) is 12.2. The number of hydrogen-bond donors (Lipinski definition) is 3. The second kappa shape index (κ2) is 8.41. The number of aromatic nitrogens is 4. The number of anilines is 1. The molecule has 3 rings (SSSR count). The first-order valence-electron chi connectivity index (χ1n) is 8.21. The van der Waals surface area contributed by atoms with Crippen LogP contribution in [0.1, 0.15) is 5.69 Å². The predicted octanol–water partition coefficient (Wildman–Crippen LogP) is 0.874. The molecule has 0 saturated carbocycles. The highest BCUT2D eigenvalue weighted by atomic mass is 16.5. The number of ether oxygens (including phenoxy) is 1. The number of para-hydroxylation sites is 1. The van der Waals surface area contributed by atoms with Crippen LogP contribution < -0.4 is 15.4 Å². The Morgan fingerprint density at radius 3 is 2.92 bits per heavy atom. The van der Waals surface area contributed by atoms with Gasteiger partial charge in [0.25, 0.3) is 0 Å². The molecular formula is C17H22N6O2. The Balaban J connectivity index is 1.36. The lowest BCUT2D eigenvalue weighted by Crippen LogP contribution is -2.34. The standard InChI is InChI=1S/C17H22N6O2/c1-13-9-16(23-17(21-13)11-20-22-23)19-8-7-18-10-14(24)12-25-15-5-3-2-4-6-15/h2-6,9,11,14,18-19,24H,7-8,10,12H2,1H3. The van der Waals surface area contributed by atoms with Crippen LogP contribution in [0.25, 0.3) is 5.65 Å². The van der Waals surface area contributed by atoms with Crippen LogP contribution in [-0.4, -0.2) is 57.3 Å². The van der Waals surface area contributed by atoms with Crippen LogP contribution in [0.5, 0.6) is 5.75 Å². The van der Waals surface area contributed by atoms with Gasteiger partial charge in [-0.2, -0.15) is 4.52 Å². The lowest BCUT2D eigenvalue weighted by molar-refractivity contribution is 0.107. The predicted molar refractivity (Wildman–Crippen MR) is 94.8 cm³/mol. The second-order valence-corrected chi connectivity index (χ2v) is 5.70. The van der Waals surface area contributed by atoms with Gasteiger partial charge in [-0.3, -0.25) is 0 Å². The zero-order valence-corrected chi connectivity index (χ0v) is 14.1. The maximum Gasteiger partial charge on any atom is 0.178 e. The summed E-state index contributed by atoms with van der Waals surface area (Å²) in [6.07, 6.45) is 1.06. The van der Waals surface area contributed by atoms with Crippen molar-refractivity contribution >= 4 is 11.5 Å². The van der Waals surface area contributed by atoms with Crippen molar-refractivity contribution in [1.82, 2.24) is 25.1 Å². The van der Waals surface area contributed by atoms with Crippen molar-refractivity contribution in [2.45, 2.75) is 13.0 Å². The van der Waals surface area contributed by atoms with E-state index in [1.807, 2.05) is 43.3 Å². The molecule has 8 nitrogen and oxygen atoms in total. The smallest absolute Gasteiger partial charge is 0.178 e. The van der Waals surface area contributed by atoms with Crippen LogP contribution in [0.2, 0.25) is 0 Å². The zero-order chi connectivity index (χ0) is 17.5. The average Bonchev–Trinajstić information content (AvgIpc) is 3.09. The van der Waals surface area contributed by atoms with Crippen molar-refractivity contribution in [3.63, 3.8) is 0 Å². The summed E-state index contributed by atoms with van der Waals surface area (Å²) in [6, 6.07) is 11.4. The molecule has 0 radical (unpaired) electrons. The fourth-order valence-electron chi connectivity index (χ4n) is 2.39. The Morgan fingerprint density at radius 2 is 2.08 bits per heavy atom. The molecule has 25 heavy (non-hydrogen) atoms. The van der Waals surface area contributed by atoms with Gasteiger partial charge in [0.1, 0.15) is 24.3 Å². The van der Waals surface area contributed by atoms with E-state index in [4.69, 9.17) is 4.74 Å². The van der Waals surface area contributed by atoms with E-state index in [-0.39, 0.29) is 6.61 Å². The fraction of sp³-hybridized carbons (Fsp3) is 0.353. The number of benzene rings is 1. The van der Waals surface area contributed by atoms with Crippen molar-refractivity contribution in [1.29, 1.82) is 0 Å². The topological polar surface area (TPSA) is 96.6 Å². The molecular weight excluding hydrogens is 320 g/mol. The molecule has 0 aliphatic heterocycles. The molecule has 2 heterocycles. The van der Waals surface area contributed by atoms with Gasteiger partial charge in [-0.05, 0) is 19.1 Å². The van der Waals surface area contributed by atoms with Crippen LogP contribution in [-0.2, 0) is 0 Å². The minimum Gasteiger partial charge on any atom is -0.491 e. The van der Waals surface area contributed by atoms with Crippen LogP contribution in [0.15, 0.2) is 42.6 Å². The minimum absolute atomic E-state index is 0.258. The van der Waals surface area contributed by atoms with Gasteiger partial charge in [0.2, 0.25) is 0 Å². The zero-order valence-electron chi connectivity index (χ0n) is 14.1. The summed E-state index contributed by atoms with van der Waals surface area (Å²) in [5.74, 6) is 1.60. The first-order chi connectivity index (χ1) is 12.2. The maximum absolute atomic E-state index is 9.94. The molecule has 2 aromatic heterocycles. The van der Waals surface area contributed by atoms with E-state index in [0.717, 1.165) is 17.3 Å². The van der Waals surface area contributed by atoms with E-state index < -0.39 is 6.10 Å². The van der Waals surface area contributed by atoms with Crippen molar-refractivity contribution in [3.05, 3.63) is 48.3 Å². The quantitative estimate of drug-likeness (QED) is 0.497. The Labute approximate surface area is 145 Å². The van der Waals surface area contributed by atoms with E-state index in [2.05, 4.69) is 25.9 Å². The van der Waals surface area contributed by atoms with Crippen LogP contribution in [0, 0.1) is 6.92 Å². The number of aliphatic hydroxyl groups is 1. The number of aliphatic hydroxyl groups excluding tert-OH is 1. The molecule has 0 amide bonds. The molecule has 132 valence electrons. The van der Waals surface area contributed by atoms with Gasteiger partial charge < -0.3 is 20.5 Å². The summed E-state index contributed by atoms with van der Waals surface area (Å²) in [5, 5.41) is 24.3. The maximum atomic E-state index is 9.94. The van der Waals surface area contributed by atoms with E-state index in [0.29, 0.717) is 25.3 Å². The molecule has 0 fully saturated rings. The summed E-state index contributed by atoms with van der Waals surface area (Å²) >= 11 is 0. The molecule has 1 aromatic carbocycles. The first kappa shape index (κ1) is 17.1. The monoisotopic (exact) mass is 342 g/mol. The third-order valence-corrected chi connectivity index (χ3v) is 3.57. The fourth-order valence-corrected chi connectivity index (χ4v) is 2.39. The highest BCUT2D eigenvalue weighted by Crippen LogP contribution is 2.10. The molecule has 1 atom stereocenters. The minimum atomic E-state index is -0.564. The molecule has 8 heteroatoms. The van der Waals surface area contributed by atoms with Gasteiger partial charge in [-0.1, -0.05) is 23.4 Å². The Hall–Kier alpha value is -2.71. The van der Waals surface area contributed by atoms with Crippen molar-refractivity contribution in [2.75, 3.05) is 31.6 Å². The molecule has 0 aliphatic rings. The van der Waals surface area contributed by atoms with Crippen molar-refractivity contribution in [2.24, 2.45) is 0 Å². The molecule has 0 spiro atoms. The summed E-state index contributed by atoms with van der Waals surface area (Å²) in [4.78, 5) is 4.34. The van der Waals surface area contributed by atoms with E-state index in [1.165, 1.54) is 0 Å². The summed E-state index contributed by atoms with van der Waals surface area (Å²) in [7, 11) is 0. The van der Waals surface area contributed by atoms with Crippen LogP contribution in [0.4, 0.5) is 5.82 Å². The number of nitrogens with one attached hydrogen (secondary N) is 2. The van der Waals surface area contributed by atoms with E-state index in [1.54, 1.807) is 10.7 Å². The Bertz CT molecular complexity index is 792. The third-order valence-electron chi connectivity index (χ3n) is 3.57. The molecule has 0 aliphatic carbocycles. The number of aryl methyl sites for hydroxylation is 1. The molecule has 1 unspecified atom stereocenters. The summed E-state index contributed by atoms with van der Waals surface area (Å²) < 4.78 is 7.18. The highest BCUT2D eigenvalue weighted by molar-refractivity contribution is 5.47. The average molecular weight is 342 g/mol. The molecule has 0 saturated heterocycles. The van der Waals surface area contributed by atoms with E-state index in [9.17, 15) is 5.11 Å². The number of hydrogen-bond acceptors (Lipinski definition) is 7. The SMILES string of the molecule is Cc1cc(NCCNCC(O)COc2ccccc2)n2nncc2n1. The van der Waals surface area contributed by atoms with Crippen molar-refractivity contribution < 1.29 is 9.84 Å². The Morgan fingerprint density at radius 1 is 1.24 bits per heavy atom. The summed E-state index contributed by atoms with van der Waals surface area (Å²) in [5.41, 5.74) is 1.61. The van der Waals surface area contributed by atoms with Gasteiger partial charge in [0.05, 0.1) is 6.20 Å². The lowest BCUT2D eigenvalue weighted by atomic mass is 10.3. The van der Waals surface area contributed by atoms with Gasteiger partial charge >= 0.3 is 0 Å². The molecule has 3 N–H and O–H groups in total.